The van der Waals surface area contributed by atoms with Crippen molar-refractivity contribution in [3.05, 3.63) is 59.9 Å². The van der Waals surface area contributed by atoms with Gasteiger partial charge in [-0.3, -0.25) is 4.90 Å². The minimum atomic E-state index is -0.111. The monoisotopic (exact) mass is 438 g/mol. The second-order valence-corrected chi connectivity index (χ2v) is 7.63. The van der Waals surface area contributed by atoms with Gasteiger partial charge in [0.25, 0.3) is 0 Å². The largest absolute Gasteiger partial charge is 0.493 e. The molecule has 32 heavy (non-hydrogen) atoms. The van der Waals surface area contributed by atoms with Crippen LogP contribution >= 0.6 is 0 Å². The number of ether oxygens (including phenoxy) is 3. The first-order valence-corrected chi connectivity index (χ1v) is 10.8. The first kappa shape index (κ1) is 22.0. The summed E-state index contributed by atoms with van der Waals surface area (Å²) < 4.78 is 18.1. The number of nitrogens with zero attached hydrogens (tertiary/aromatic N) is 6. The van der Waals surface area contributed by atoms with E-state index in [1.54, 1.807) is 21.3 Å². The minimum absolute atomic E-state index is 0.111. The van der Waals surface area contributed by atoms with Gasteiger partial charge in [0.1, 0.15) is 0 Å². The maximum atomic E-state index is 5.57. The van der Waals surface area contributed by atoms with E-state index in [-0.39, 0.29) is 6.04 Å². The van der Waals surface area contributed by atoms with Gasteiger partial charge in [0.15, 0.2) is 17.3 Å². The van der Waals surface area contributed by atoms with Gasteiger partial charge in [-0.1, -0.05) is 24.3 Å². The Kier molecular flexibility index (Phi) is 7.18. The molecule has 1 atom stereocenters. The summed E-state index contributed by atoms with van der Waals surface area (Å²) in [6, 6.07) is 16.4. The number of hydrogen-bond donors (Lipinski definition) is 0. The highest BCUT2D eigenvalue weighted by molar-refractivity contribution is 5.47. The molecule has 0 saturated carbocycles. The van der Waals surface area contributed by atoms with Crippen LogP contribution in [0.25, 0.3) is 0 Å². The molecule has 170 valence electrons. The molecule has 0 aliphatic carbocycles. The molecule has 0 N–H and O–H groups in total. The molecule has 3 aromatic rings. The first-order valence-electron chi connectivity index (χ1n) is 10.8. The van der Waals surface area contributed by atoms with Gasteiger partial charge < -0.3 is 19.1 Å². The molecule has 4 rings (SSSR count). The number of methoxy groups -OCH3 is 3. The number of anilines is 1. The summed E-state index contributed by atoms with van der Waals surface area (Å²) in [5.41, 5.74) is 2.31. The van der Waals surface area contributed by atoms with Gasteiger partial charge in [-0.25, -0.2) is 4.68 Å². The van der Waals surface area contributed by atoms with E-state index in [2.05, 4.69) is 55.7 Å². The van der Waals surface area contributed by atoms with E-state index in [0.29, 0.717) is 24.7 Å². The van der Waals surface area contributed by atoms with Crippen LogP contribution in [0.5, 0.6) is 11.5 Å². The van der Waals surface area contributed by atoms with Crippen LogP contribution in [0, 0.1) is 0 Å². The maximum Gasteiger partial charge on any atom is 0.173 e. The summed E-state index contributed by atoms with van der Waals surface area (Å²) in [5, 5.41) is 12.6. The number of piperazine rings is 1. The quantitative estimate of drug-likeness (QED) is 0.504. The lowest BCUT2D eigenvalue weighted by Crippen LogP contribution is -2.48. The number of tetrazole rings is 1. The Labute approximate surface area is 188 Å². The SMILES string of the molecule is COCCn1nnnc1C(c1ccc(OC)c(OC)c1)N1CCN(c2ccccc2)CC1. The Balaban J connectivity index is 1.64. The summed E-state index contributed by atoms with van der Waals surface area (Å²) in [6.45, 7) is 4.74. The normalized spacial score (nSPS) is 15.5. The maximum absolute atomic E-state index is 5.57. The molecule has 1 saturated heterocycles. The van der Waals surface area contributed by atoms with Crippen LogP contribution in [-0.2, 0) is 11.3 Å². The predicted molar refractivity (Wildman–Crippen MR) is 121 cm³/mol. The van der Waals surface area contributed by atoms with Gasteiger partial charge in [0.05, 0.1) is 33.4 Å². The highest BCUT2D eigenvalue weighted by atomic mass is 16.5. The Morgan fingerprint density at radius 2 is 1.66 bits per heavy atom. The molecule has 1 aromatic heterocycles. The van der Waals surface area contributed by atoms with Crippen LogP contribution in [0.15, 0.2) is 48.5 Å². The van der Waals surface area contributed by atoms with Gasteiger partial charge in [0.2, 0.25) is 0 Å². The molecule has 0 amide bonds. The highest BCUT2D eigenvalue weighted by Crippen LogP contribution is 2.35. The number of para-hydroxylation sites is 1. The zero-order chi connectivity index (χ0) is 22.3. The average molecular weight is 439 g/mol. The number of aromatic nitrogens is 4. The molecule has 0 bridgehead atoms. The van der Waals surface area contributed by atoms with E-state index in [1.165, 1.54) is 5.69 Å². The van der Waals surface area contributed by atoms with Crippen molar-refractivity contribution in [1.29, 1.82) is 0 Å². The third-order valence-corrected chi connectivity index (χ3v) is 5.84. The Morgan fingerprint density at radius 1 is 0.906 bits per heavy atom. The van der Waals surface area contributed by atoms with Crippen molar-refractivity contribution >= 4 is 5.69 Å². The zero-order valence-corrected chi connectivity index (χ0v) is 18.8. The number of benzene rings is 2. The molecule has 1 aliphatic heterocycles. The Hall–Kier alpha value is -3.17. The van der Waals surface area contributed by atoms with Crippen molar-refractivity contribution < 1.29 is 14.2 Å². The molecule has 9 nitrogen and oxygen atoms in total. The molecule has 1 fully saturated rings. The van der Waals surface area contributed by atoms with Crippen molar-refractivity contribution in [3.8, 4) is 11.5 Å². The Bertz CT molecular complexity index is 988. The van der Waals surface area contributed by atoms with Crippen LogP contribution < -0.4 is 14.4 Å². The third kappa shape index (κ3) is 4.68. The fourth-order valence-corrected chi connectivity index (χ4v) is 4.17. The molecular weight excluding hydrogens is 408 g/mol. The molecule has 0 spiro atoms. The van der Waals surface area contributed by atoms with E-state index in [9.17, 15) is 0 Å². The standard InChI is InChI=1S/C23H30N6O3/c1-30-16-15-29-23(24-25-26-29)22(18-9-10-20(31-2)21(17-18)32-3)28-13-11-27(12-14-28)19-7-5-4-6-8-19/h4-10,17,22H,11-16H2,1-3H3. The van der Waals surface area contributed by atoms with Crippen LogP contribution in [0.2, 0.25) is 0 Å². The van der Waals surface area contributed by atoms with Gasteiger partial charge >= 0.3 is 0 Å². The molecular formula is C23H30N6O3. The van der Waals surface area contributed by atoms with Crippen molar-refractivity contribution in [3.63, 3.8) is 0 Å². The first-order chi connectivity index (χ1) is 15.7. The predicted octanol–water partition coefficient (Wildman–Crippen LogP) is 2.25. The number of rotatable bonds is 9. The van der Waals surface area contributed by atoms with Crippen LogP contribution in [0.3, 0.4) is 0 Å². The van der Waals surface area contributed by atoms with E-state index < -0.39 is 0 Å². The van der Waals surface area contributed by atoms with Crippen molar-refractivity contribution in [2.24, 2.45) is 0 Å². The molecule has 1 aliphatic rings. The lowest BCUT2D eigenvalue weighted by molar-refractivity contribution is 0.171. The van der Waals surface area contributed by atoms with Gasteiger partial charge in [-0.15, -0.1) is 5.10 Å². The fourth-order valence-electron chi connectivity index (χ4n) is 4.17. The van der Waals surface area contributed by atoms with Crippen LogP contribution in [0.4, 0.5) is 5.69 Å². The van der Waals surface area contributed by atoms with E-state index in [1.807, 2.05) is 22.9 Å². The summed E-state index contributed by atoms with van der Waals surface area (Å²) >= 11 is 0. The lowest BCUT2D eigenvalue weighted by atomic mass is 10.0. The van der Waals surface area contributed by atoms with Gasteiger partial charge in [-0.2, -0.15) is 0 Å². The third-order valence-electron chi connectivity index (χ3n) is 5.84. The molecule has 2 aromatic carbocycles. The molecule has 2 heterocycles. The van der Waals surface area contributed by atoms with Gasteiger partial charge in [0, 0.05) is 39.0 Å². The van der Waals surface area contributed by atoms with Gasteiger partial charge in [-0.05, 0) is 40.3 Å². The van der Waals surface area contributed by atoms with Crippen LogP contribution in [-0.4, -0.2) is 79.2 Å². The molecule has 9 heteroatoms. The summed E-state index contributed by atoms with van der Waals surface area (Å²) in [6.07, 6.45) is 0. The van der Waals surface area contributed by atoms with Crippen molar-refractivity contribution in [2.45, 2.75) is 12.6 Å². The highest BCUT2D eigenvalue weighted by Gasteiger charge is 2.31. The second-order valence-electron chi connectivity index (χ2n) is 7.63. The topological polar surface area (TPSA) is 77.8 Å². The van der Waals surface area contributed by atoms with E-state index in [0.717, 1.165) is 37.6 Å². The lowest BCUT2D eigenvalue weighted by Gasteiger charge is -2.40. The van der Waals surface area contributed by atoms with E-state index in [4.69, 9.17) is 14.2 Å². The second kappa shape index (κ2) is 10.4. The molecule has 0 radical (unpaired) electrons. The van der Waals surface area contributed by atoms with Crippen molar-refractivity contribution in [1.82, 2.24) is 25.1 Å². The van der Waals surface area contributed by atoms with Crippen LogP contribution in [0.1, 0.15) is 17.4 Å². The Morgan fingerprint density at radius 3 is 2.34 bits per heavy atom. The zero-order valence-electron chi connectivity index (χ0n) is 18.8. The minimum Gasteiger partial charge on any atom is -0.493 e. The van der Waals surface area contributed by atoms with Crippen molar-refractivity contribution in [2.75, 3.05) is 59.0 Å². The average Bonchev–Trinajstić information content (AvgIpc) is 3.31. The molecule has 1 unspecified atom stereocenters. The summed E-state index contributed by atoms with van der Waals surface area (Å²) in [4.78, 5) is 4.84. The summed E-state index contributed by atoms with van der Waals surface area (Å²) in [7, 11) is 4.97. The number of hydrogen-bond acceptors (Lipinski definition) is 8. The summed E-state index contributed by atoms with van der Waals surface area (Å²) in [5.74, 6) is 2.18. The smallest absolute Gasteiger partial charge is 0.173 e. The fraction of sp³-hybridized carbons (Fsp3) is 0.435. The van der Waals surface area contributed by atoms with E-state index >= 15 is 0 Å².